The second-order valence-electron chi connectivity index (χ2n) is 4.30. The number of carbonyl (C=O) groups is 1. The number of carbonyl (C=O) groups excluding carboxylic acids is 1. The van der Waals surface area contributed by atoms with Crippen molar-refractivity contribution in [1.82, 2.24) is 4.98 Å². The van der Waals surface area contributed by atoms with Crippen molar-refractivity contribution in [2.75, 3.05) is 16.4 Å². The molecule has 4 N–H and O–H groups in total. The molecule has 0 aliphatic rings. The third-order valence-corrected chi connectivity index (χ3v) is 4.06. The Morgan fingerprint density at radius 2 is 2.00 bits per heavy atom. The number of rotatable bonds is 2. The minimum atomic E-state index is -0.379. The summed E-state index contributed by atoms with van der Waals surface area (Å²) in [5, 5.41) is 6.37. The first-order valence-corrected chi connectivity index (χ1v) is 7.30. The van der Waals surface area contributed by atoms with Gasteiger partial charge >= 0.3 is 6.03 Å². The summed E-state index contributed by atoms with van der Waals surface area (Å²) in [6.45, 7) is 0. The van der Waals surface area contributed by atoms with Crippen LogP contribution in [-0.2, 0) is 0 Å². The minimum absolute atomic E-state index is 0.379. The molecule has 1 heterocycles. The van der Waals surface area contributed by atoms with Gasteiger partial charge in [0.2, 0.25) is 0 Å². The van der Waals surface area contributed by atoms with Gasteiger partial charge in [0.25, 0.3) is 0 Å². The molecule has 0 radical (unpaired) electrons. The molecule has 0 saturated carbocycles. The van der Waals surface area contributed by atoms with Crippen molar-refractivity contribution in [3.05, 3.63) is 47.5 Å². The molecule has 2 amide bonds. The van der Waals surface area contributed by atoms with Crippen molar-refractivity contribution in [1.29, 1.82) is 0 Å². The molecule has 21 heavy (non-hydrogen) atoms. The first-order valence-electron chi connectivity index (χ1n) is 6.10. The maximum atomic E-state index is 11.9. The lowest BCUT2D eigenvalue weighted by Crippen LogP contribution is -2.19. The van der Waals surface area contributed by atoms with Crippen LogP contribution in [0.25, 0.3) is 10.2 Å². The van der Waals surface area contributed by atoms with Crippen molar-refractivity contribution in [2.24, 2.45) is 0 Å². The van der Waals surface area contributed by atoms with Crippen LogP contribution in [0.3, 0.4) is 0 Å². The van der Waals surface area contributed by atoms with Crippen LogP contribution >= 0.6 is 22.9 Å². The van der Waals surface area contributed by atoms with Crippen LogP contribution in [0.5, 0.6) is 0 Å². The van der Waals surface area contributed by atoms with E-state index in [-0.39, 0.29) is 6.03 Å². The summed E-state index contributed by atoms with van der Waals surface area (Å²) in [4.78, 5) is 16.3. The van der Waals surface area contributed by atoms with Gasteiger partial charge in [0, 0.05) is 5.69 Å². The fourth-order valence-corrected chi connectivity index (χ4v) is 2.79. The molecule has 0 atom stereocenters. The van der Waals surface area contributed by atoms with Crippen LogP contribution < -0.4 is 16.4 Å². The molecule has 5 nitrogen and oxygen atoms in total. The third kappa shape index (κ3) is 3.07. The highest BCUT2D eigenvalue weighted by molar-refractivity contribution is 7.22. The van der Waals surface area contributed by atoms with Crippen LogP contribution in [0.1, 0.15) is 0 Å². The second-order valence-corrected chi connectivity index (χ2v) is 5.74. The van der Waals surface area contributed by atoms with Crippen LogP contribution in [-0.4, -0.2) is 11.0 Å². The van der Waals surface area contributed by atoms with Gasteiger partial charge in [-0.25, -0.2) is 9.78 Å². The number of aromatic nitrogens is 1. The van der Waals surface area contributed by atoms with E-state index in [9.17, 15) is 4.79 Å². The van der Waals surface area contributed by atoms with Crippen molar-refractivity contribution in [3.8, 4) is 0 Å². The first-order chi connectivity index (χ1) is 10.1. The highest BCUT2D eigenvalue weighted by atomic mass is 35.5. The van der Waals surface area contributed by atoms with E-state index in [2.05, 4.69) is 15.6 Å². The van der Waals surface area contributed by atoms with Gasteiger partial charge in [-0.2, -0.15) is 0 Å². The lowest BCUT2D eigenvalue weighted by atomic mass is 10.3. The number of thiazole rings is 1. The lowest BCUT2D eigenvalue weighted by Gasteiger charge is -2.06. The fraction of sp³-hybridized carbons (Fsp3) is 0. The number of benzene rings is 2. The largest absolute Gasteiger partial charge is 0.397 e. The normalized spacial score (nSPS) is 10.5. The molecule has 1 aromatic heterocycles. The predicted octanol–water partition coefficient (Wildman–Crippen LogP) is 4.18. The molecule has 3 rings (SSSR count). The maximum Gasteiger partial charge on any atom is 0.325 e. The van der Waals surface area contributed by atoms with E-state index in [0.717, 1.165) is 10.2 Å². The van der Waals surface area contributed by atoms with Crippen LogP contribution in [0.2, 0.25) is 5.02 Å². The molecule has 0 aliphatic carbocycles. The number of fused-ring (bicyclic) bond motifs is 1. The second kappa shape index (κ2) is 5.59. The van der Waals surface area contributed by atoms with E-state index < -0.39 is 0 Å². The van der Waals surface area contributed by atoms with Crippen molar-refractivity contribution >= 4 is 55.7 Å². The molecule has 3 aromatic rings. The Balaban J connectivity index is 1.72. The molecule has 0 unspecified atom stereocenters. The first kappa shape index (κ1) is 13.7. The Hall–Kier alpha value is -2.31. The summed E-state index contributed by atoms with van der Waals surface area (Å²) in [6.07, 6.45) is 0. The molecule has 0 bridgehead atoms. The number of halogens is 1. The predicted molar refractivity (Wildman–Crippen MR) is 88.1 cm³/mol. The van der Waals surface area contributed by atoms with E-state index in [1.165, 1.54) is 11.3 Å². The Morgan fingerprint density at radius 1 is 1.19 bits per heavy atom. The van der Waals surface area contributed by atoms with Crippen LogP contribution in [0.15, 0.2) is 42.5 Å². The van der Waals surface area contributed by atoms with Gasteiger partial charge in [-0.3, -0.25) is 5.32 Å². The van der Waals surface area contributed by atoms with E-state index in [1.54, 1.807) is 18.2 Å². The summed E-state index contributed by atoms with van der Waals surface area (Å²) >= 11 is 7.24. The highest BCUT2D eigenvalue weighted by Crippen LogP contribution is 2.26. The molecule has 7 heteroatoms. The number of hydrogen-bond donors (Lipinski definition) is 3. The van der Waals surface area contributed by atoms with Gasteiger partial charge < -0.3 is 11.1 Å². The number of nitrogens with two attached hydrogens (primary N) is 1. The van der Waals surface area contributed by atoms with Crippen LogP contribution in [0, 0.1) is 0 Å². The van der Waals surface area contributed by atoms with E-state index in [1.807, 2.05) is 24.3 Å². The van der Waals surface area contributed by atoms with Gasteiger partial charge in [-0.05, 0) is 30.3 Å². The smallest absolute Gasteiger partial charge is 0.325 e. The topological polar surface area (TPSA) is 80.0 Å². The quantitative estimate of drug-likeness (QED) is 0.620. The number of para-hydroxylation sites is 1. The van der Waals surface area contributed by atoms with Crippen molar-refractivity contribution in [2.45, 2.75) is 0 Å². The average molecular weight is 319 g/mol. The summed E-state index contributed by atoms with van der Waals surface area (Å²) in [6, 6.07) is 12.2. The van der Waals surface area contributed by atoms with Gasteiger partial charge in [-0.1, -0.05) is 35.1 Å². The zero-order chi connectivity index (χ0) is 14.8. The zero-order valence-electron chi connectivity index (χ0n) is 10.8. The maximum absolute atomic E-state index is 11.9. The number of urea groups is 1. The number of nitrogens with one attached hydrogen (secondary N) is 2. The molecular weight excluding hydrogens is 308 g/mol. The van der Waals surface area contributed by atoms with Crippen molar-refractivity contribution in [3.63, 3.8) is 0 Å². The Kier molecular flexibility index (Phi) is 3.64. The summed E-state index contributed by atoms with van der Waals surface area (Å²) < 4.78 is 1.02. The molecule has 0 saturated heterocycles. The summed E-state index contributed by atoms with van der Waals surface area (Å²) in [5.74, 6) is 0. The average Bonchev–Trinajstić information content (AvgIpc) is 2.84. The van der Waals surface area contributed by atoms with E-state index in [4.69, 9.17) is 17.3 Å². The van der Waals surface area contributed by atoms with E-state index >= 15 is 0 Å². The molecular formula is C14H11ClN4OS. The number of amides is 2. The van der Waals surface area contributed by atoms with Gasteiger partial charge in [0.1, 0.15) is 0 Å². The SMILES string of the molecule is Nc1cc(NC(=O)Nc2nc3ccccc3s2)ccc1Cl. The van der Waals surface area contributed by atoms with Gasteiger partial charge in [0.15, 0.2) is 5.13 Å². The number of nitrogen functional groups attached to an aromatic ring is 1. The molecule has 0 fully saturated rings. The monoisotopic (exact) mass is 318 g/mol. The Bertz CT molecular complexity index is 785. The van der Waals surface area contributed by atoms with E-state index in [0.29, 0.717) is 21.5 Å². The Morgan fingerprint density at radius 3 is 2.76 bits per heavy atom. The lowest BCUT2D eigenvalue weighted by molar-refractivity contribution is 0.262. The molecule has 0 aliphatic heterocycles. The Labute approximate surface area is 129 Å². The molecule has 0 spiro atoms. The van der Waals surface area contributed by atoms with Crippen molar-refractivity contribution < 1.29 is 4.79 Å². The number of hydrogen-bond acceptors (Lipinski definition) is 4. The third-order valence-electron chi connectivity index (χ3n) is 2.77. The molecule has 2 aromatic carbocycles. The zero-order valence-corrected chi connectivity index (χ0v) is 12.3. The summed E-state index contributed by atoms with van der Waals surface area (Å²) in [7, 11) is 0. The van der Waals surface area contributed by atoms with Gasteiger partial charge in [-0.15, -0.1) is 0 Å². The van der Waals surface area contributed by atoms with Crippen LogP contribution in [0.4, 0.5) is 21.3 Å². The fourth-order valence-electron chi connectivity index (χ4n) is 1.81. The molecule has 106 valence electrons. The number of nitrogens with zero attached hydrogens (tertiary/aromatic N) is 1. The van der Waals surface area contributed by atoms with Gasteiger partial charge in [0.05, 0.1) is 20.9 Å². The summed E-state index contributed by atoms with van der Waals surface area (Å²) in [5.41, 5.74) is 7.52. The minimum Gasteiger partial charge on any atom is -0.397 e. The highest BCUT2D eigenvalue weighted by Gasteiger charge is 2.08. The number of anilines is 3. The standard InChI is InChI=1S/C14H11ClN4OS/c15-9-6-5-8(7-10(9)16)17-13(20)19-14-18-11-3-1-2-4-12(11)21-14/h1-7H,16H2,(H2,17,18,19,20).